The Morgan fingerprint density at radius 3 is 1.02 bits per heavy atom. The first kappa shape index (κ1) is 32.9. The number of carbonyl (C=O) groups excluding carboxylic acids is 2. The summed E-state index contributed by atoms with van der Waals surface area (Å²) >= 11 is 0. The van der Waals surface area contributed by atoms with Crippen LogP contribution in [0.5, 0.6) is 0 Å². The van der Waals surface area contributed by atoms with Gasteiger partial charge in [0.05, 0.1) is 11.8 Å². The number of rotatable bonds is 12. The van der Waals surface area contributed by atoms with Gasteiger partial charge in [-0.25, -0.2) is 0 Å². The molecule has 0 aliphatic rings. The Kier molecular flexibility index (Phi) is 10.6. The molecule has 0 saturated carbocycles. The number of esters is 2. The molecular formula is C42H46O4. The number of hydrogen-bond donors (Lipinski definition) is 0. The second kappa shape index (κ2) is 14.8. The van der Waals surface area contributed by atoms with Crippen LogP contribution in [0.1, 0.15) is 90.6 Å². The van der Waals surface area contributed by atoms with Crippen molar-refractivity contribution in [2.45, 2.75) is 79.4 Å². The molecule has 0 N–H and O–H groups in total. The van der Waals surface area contributed by atoms with E-state index in [2.05, 4.69) is 97.1 Å². The van der Waals surface area contributed by atoms with E-state index in [0.717, 1.165) is 47.9 Å². The predicted molar refractivity (Wildman–Crippen MR) is 189 cm³/mol. The molecule has 0 aromatic heterocycles. The van der Waals surface area contributed by atoms with E-state index in [1.807, 2.05) is 41.5 Å². The largest absolute Gasteiger partial charge is 0.458 e. The Bertz CT molecular complexity index is 1600. The quantitative estimate of drug-likeness (QED) is 0.104. The van der Waals surface area contributed by atoms with Gasteiger partial charge in [-0.1, -0.05) is 125 Å². The Labute approximate surface area is 273 Å². The van der Waals surface area contributed by atoms with E-state index in [4.69, 9.17) is 9.47 Å². The van der Waals surface area contributed by atoms with Crippen LogP contribution in [0.15, 0.2) is 97.1 Å². The number of ether oxygens (including phenoxy) is 2. The zero-order valence-corrected chi connectivity index (χ0v) is 28.0. The fourth-order valence-electron chi connectivity index (χ4n) is 6.51. The molecule has 2 atom stereocenters. The molecule has 0 bridgehead atoms. The molecule has 4 nitrogen and oxygen atoms in total. The van der Waals surface area contributed by atoms with Crippen molar-refractivity contribution in [2.24, 2.45) is 11.8 Å². The van der Waals surface area contributed by atoms with Crippen molar-refractivity contribution < 1.29 is 19.1 Å². The second-order valence-corrected chi connectivity index (χ2v) is 12.3. The highest BCUT2D eigenvalue weighted by atomic mass is 16.5. The van der Waals surface area contributed by atoms with Crippen LogP contribution in [-0.2, 0) is 19.1 Å². The summed E-state index contributed by atoms with van der Waals surface area (Å²) < 4.78 is 11.7. The zero-order chi connectivity index (χ0) is 32.8. The number of hydrogen-bond acceptors (Lipinski definition) is 4. The van der Waals surface area contributed by atoms with E-state index in [0.29, 0.717) is 0 Å². The van der Waals surface area contributed by atoms with Crippen molar-refractivity contribution in [1.82, 2.24) is 0 Å². The lowest BCUT2D eigenvalue weighted by atomic mass is 9.85. The topological polar surface area (TPSA) is 52.6 Å². The van der Waals surface area contributed by atoms with E-state index < -0.39 is 0 Å². The van der Waals surface area contributed by atoms with Crippen LogP contribution in [0.3, 0.4) is 0 Å². The van der Waals surface area contributed by atoms with Crippen molar-refractivity contribution in [2.75, 3.05) is 0 Å². The summed E-state index contributed by atoms with van der Waals surface area (Å²) in [7, 11) is 0. The highest BCUT2D eigenvalue weighted by Crippen LogP contribution is 2.44. The van der Waals surface area contributed by atoms with E-state index in [1.54, 1.807) is 0 Å². The van der Waals surface area contributed by atoms with Gasteiger partial charge in [-0.15, -0.1) is 0 Å². The van der Waals surface area contributed by atoms with Crippen LogP contribution in [0.4, 0.5) is 0 Å². The summed E-state index contributed by atoms with van der Waals surface area (Å²) in [5.74, 6) is -0.373. The van der Waals surface area contributed by atoms with Crippen LogP contribution in [0, 0.1) is 11.8 Å². The lowest BCUT2D eigenvalue weighted by molar-refractivity contribution is -0.154. The van der Waals surface area contributed by atoms with Crippen LogP contribution in [-0.4, -0.2) is 11.9 Å². The molecule has 0 fully saturated rings. The van der Waals surface area contributed by atoms with Crippen molar-refractivity contribution in [3.63, 3.8) is 0 Å². The van der Waals surface area contributed by atoms with Crippen molar-refractivity contribution >= 4 is 33.5 Å². The molecule has 5 aromatic carbocycles. The Hall–Kier alpha value is -4.44. The molecule has 46 heavy (non-hydrogen) atoms. The van der Waals surface area contributed by atoms with Gasteiger partial charge in [0.15, 0.2) is 0 Å². The summed E-state index contributed by atoms with van der Waals surface area (Å²) in [6.45, 7) is 12.0. The van der Waals surface area contributed by atoms with Crippen LogP contribution in [0.25, 0.3) is 43.8 Å². The minimum absolute atomic E-state index is 0.0607. The molecular weight excluding hydrogens is 568 g/mol. The maximum Gasteiger partial charge on any atom is 0.309 e. The smallest absolute Gasteiger partial charge is 0.309 e. The van der Waals surface area contributed by atoms with Crippen LogP contribution < -0.4 is 0 Å². The minimum atomic E-state index is -0.313. The standard InChI is InChI=1S/C42H46O4/c1-7-29(8-2)41(43)45-27(5)31-19-23-33(24-20-31)39-35-15-11-13-17-37(35)40(38-18-14-12-16-36(38)39)34-25-21-32(22-26-34)28(6)46-42(44)30(9-3)10-4/h11-30H,7-10H2,1-6H3. The average molecular weight is 615 g/mol. The van der Waals surface area contributed by atoms with Crippen LogP contribution in [0.2, 0.25) is 0 Å². The third kappa shape index (κ3) is 6.72. The summed E-state index contributed by atoms with van der Waals surface area (Å²) in [4.78, 5) is 25.2. The Morgan fingerprint density at radius 2 is 0.761 bits per heavy atom. The first-order valence-corrected chi connectivity index (χ1v) is 16.9. The van der Waals surface area contributed by atoms with Gasteiger partial charge in [0.2, 0.25) is 0 Å². The van der Waals surface area contributed by atoms with Gasteiger partial charge in [-0.2, -0.15) is 0 Å². The minimum Gasteiger partial charge on any atom is -0.458 e. The molecule has 0 aliphatic carbocycles. The summed E-state index contributed by atoms with van der Waals surface area (Å²) in [5, 5.41) is 4.70. The first-order valence-electron chi connectivity index (χ1n) is 16.9. The van der Waals surface area contributed by atoms with E-state index in [1.165, 1.54) is 32.7 Å². The van der Waals surface area contributed by atoms with E-state index in [-0.39, 0.29) is 36.0 Å². The third-order valence-electron chi connectivity index (χ3n) is 9.49. The lowest BCUT2D eigenvalue weighted by Crippen LogP contribution is -2.18. The van der Waals surface area contributed by atoms with Gasteiger partial charge in [0.1, 0.15) is 12.2 Å². The monoisotopic (exact) mass is 614 g/mol. The number of benzene rings is 5. The SMILES string of the molecule is CCC(CC)C(=O)OC(C)c1ccc(-c2c3ccccc3c(-c3ccc(C(C)OC(=O)C(CC)CC)cc3)c3ccccc23)cc1. The summed E-state index contributed by atoms with van der Waals surface area (Å²) in [6, 6.07) is 34.0. The maximum atomic E-state index is 12.6. The van der Waals surface area contributed by atoms with Gasteiger partial charge in [-0.05, 0) is 94.5 Å². The average Bonchev–Trinajstić information content (AvgIpc) is 3.08. The molecule has 0 radical (unpaired) electrons. The second-order valence-electron chi connectivity index (χ2n) is 12.3. The molecule has 0 heterocycles. The Balaban J connectivity index is 1.52. The number of carbonyl (C=O) groups is 2. The maximum absolute atomic E-state index is 12.6. The molecule has 4 heteroatoms. The first-order chi connectivity index (χ1) is 22.3. The molecule has 238 valence electrons. The highest BCUT2D eigenvalue weighted by Gasteiger charge is 2.22. The van der Waals surface area contributed by atoms with E-state index in [9.17, 15) is 9.59 Å². The van der Waals surface area contributed by atoms with Crippen molar-refractivity contribution in [1.29, 1.82) is 0 Å². The predicted octanol–water partition coefficient (Wildman–Crippen LogP) is 11.4. The van der Waals surface area contributed by atoms with Gasteiger partial charge in [-0.3, -0.25) is 9.59 Å². The Morgan fingerprint density at radius 1 is 0.478 bits per heavy atom. The molecule has 0 saturated heterocycles. The molecule has 5 rings (SSSR count). The van der Waals surface area contributed by atoms with Crippen molar-refractivity contribution in [3.8, 4) is 22.3 Å². The normalized spacial score (nSPS) is 12.9. The summed E-state index contributed by atoms with van der Waals surface area (Å²) in [6.07, 6.45) is 2.52. The number of fused-ring (bicyclic) bond motifs is 2. The molecule has 2 unspecified atom stereocenters. The third-order valence-corrected chi connectivity index (χ3v) is 9.49. The van der Waals surface area contributed by atoms with Gasteiger partial charge in [0, 0.05) is 0 Å². The van der Waals surface area contributed by atoms with Crippen molar-refractivity contribution in [3.05, 3.63) is 108 Å². The fraction of sp³-hybridized carbons (Fsp3) is 0.333. The van der Waals surface area contributed by atoms with E-state index >= 15 is 0 Å². The summed E-state index contributed by atoms with van der Waals surface area (Å²) in [5.41, 5.74) is 6.55. The lowest BCUT2D eigenvalue weighted by Gasteiger charge is -2.20. The van der Waals surface area contributed by atoms with Gasteiger partial charge < -0.3 is 9.47 Å². The van der Waals surface area contributed by atoms with Gasteiger partial charge in [0.25, 0.3) is 0 Å². The molecule has 0 spiro atoms. The molecule has 5 aromatic rings. The molecule has 0 amide bonds. The zero-order valence-electron chi connectivity index (χ0n) is 28.0. The fourth-order valence-corrected chi connectivity index (χ4v) is 6.51. The van der Waals surface area contributed by atoms with Crippen LogP contribution >= 0.6 is 0 Å². The molecule has 0 aliphatic heterocycles. The van der Waals surface area contributed by atoms with Gasteiger partial charge >= 0.3 is 11.9 Å². The highest BCUT2D eigenvalue weighted by molar-refractivity contribution is 6.21.